The average molecular weight is 365 g/mol. The topological polar surface area (TPSA) is 84.2 Å². The molecule has 1 heterocycles. The molecule has 2 aromatic rings. The Morgan fingerprint density at radius 2 is 2.00 bits per heavy atom. The molecule has 0 atom stereocenters. The molecule has 0 saturated heterocycles. The molecular formula is C21H23N3O3. The van der Waals surface area contributed by atoms with Crippen LogP contribution in [0, 0.1) is 11.3 Å². The Morgan fingerprint density at radius 1 is 1.22 bits per heavy atom. The summed E-state index contributed by atoms with van der Waals surface area (Å²) < 4.78 is 11.4. The SMILES string of the molecule is CCOc1ccccc1C(=O)NC1CCC(Oc2ccc(C#N)cn2)CC1. The molecule has 0 radical (unpaired) electrons. The zero-order valence-electron chi connectivity index (χ0n) is 15.4. The van der Waals surface area contributed by atoms with E-state index in [4.69, 9.17) is 14.7 Å². The Morgan fingerprint density at radius 3 is 2.67 bits per heavy atom. The van der Waals surface area contributed by atoms with Crippen molar-refractivity contribution in [3.05, 3.63) is 53.7 Å². The third-order valence-electron chi connectivity index (χ3n) is 4.59. The molecule has 3 rings (SSSR count). The smallest absolute Gasteiger partial charge is 0.255 e. The van der Waals surface area contributed by atoms with Crippen LogP contribution in [0.15, 0.2) is 42.6 Å². The normalized spacial score (nSPS) is 19.0. The maximum absolute atomic E-state index is 12.6. The number of aromatic nitrogens is 1. The van der Waals surface area contributed by atoms with Gasteiger partial charge in [-0.05, 0) is 50.8 Å². The summed E-state index contributed by atoms with van der Waals surface area (Å²) in [6.45, 7) is 2.43. The highest BCUT2D eigenvalue weighted by Gasteiger charge is 2.25. The summed E-state index contributed by atoms with van der Waals surface area (Å²) in [5, 5.41) is 11.9. The van der Waals surface area contributed by atoms with E-state index < -0.39 is 0 Å². The van der Waals surface area contributed by atoms with Crippen LogP contribution < -0.4 is 14.8 Å². The number of carbonyl (C=O) groups excluding carboxylic acids is 1. The number of ether oxygens (including phenoxy) is 2. The molecule has 1 aliphatic carbocycles. The largest absolute Gasteiger partial charge is 0.493 e. The lowest BCUT2D eigenvalue weighted by Gasteiger charge is -2.29. The number of pyridine rings is 1. The van der Waals surface area contributed by atoms with Crippen molar-refractivity contribution >= 4 is 5.91 Å². The molecule has 1 aliphatic rings. The first-order chi connectivity index (χ1) is 13.2. The Hall–Kier alpha value is -3.07. The van der Waals surface area contributed by atoms with Crippen molar-refractivity contribution in [2.45, 2.75) is 44.8 Å². The van der Waals surface area contributed by atoms with Crippen LogP contribution in [0.25, 0.3) is 0 Å². The van der Waals surface area contributed by atoms with Crippen LogP contribution in [0.3, 0.4) is 0 Å². The molecule has 140 valence electrons. The summed E-state index contributed by atoms with van der Waals surface area (Å²) in [7, 11) is 0. The van der Waals surface area contributed by atoms with Crippen molar-refractivity contribution in [2.75, 3.05) is 6.61 Å². The number of nitrogens with zero attached hydrogens (tertiary/aromatic N) is 2. The van der Waals surface area contributed by atoms with Crippen molar-refractivity contribution < 1.29 is 14.3 Å². The highest BCUT2D eigenvalue weighted by atomic mass is 16.5. The molecule has 1 amide bonds. The van der Waals surface area contributed by atoms with Crippen LogP contribution in [0.4, 0.5) is 0 Å². The molecule has 0 unspecified atom stereocenters. The van der Waals surface area contributed by atoms with Crippen molar-refractivity contribution in [1.82, 2.24) is 10.3 Å². The van der Waals surface area contributed by atoms with Gasteiger partial charge in [0.1, 0.15) is 17.9 Å². The first-order valence-electron chi connectivity index (χ1n) is 9.25. The number of carbonyl (C=O) groups is 1. The Bertz CT molecular complexity index is 806. The standard InChI is InChI=1S/C21H23N3O3/c1-2-26-19-6-4-3-5-18(19)21(25)24-16-8-10-17(11-9-16)27-20-12-7-15(13-22)14-23-20/h3-7,12,14,16-17H,2,8-11H2,1H3,(H,24,25). The zero-order valence-corrected chi connectivity index (χ0v) is 15.4. The quantitative estimate of drug-likeness (QED) is 0.847. The van der Waals surface area contributed by atoms with E-state index in [0.29, 0.717) is 29.4 Å². The summed E-state index contributed by atoms with van der Waals surface area (Å²) >= 11 is 0. The first-order valence-corrected chi connectivity index (χ1v) is 9.25. The molecule has 1 aromatic carbocycles. The monoisotopic (exact) mass is 365 g/mol. The summed E-state index contributed by atoms with van der Waals surface area (Å²) in [6, 6.07) is 12.9. The maximum atomic E-state index is 12.6. The fourth-order valence-corrected chi connectivity index (χ4v) is 3.21. The fraction of sp³-hybridized carbons (Fsp3) is 0.381. The van der Waals surface area contributed by atoms with Gasteiger partial charge in [0, 0.05) is 18.3 Å². The summed E-state index contributed by atoms with van der Waals surface area (Å²) in [6.07, 6.45) is 4.98. The van der Waals surface area contributed by atoms with Crippen LogP contribution in [-0.2, 0) is 0 Å². The van der Waals surface area contributed by atoms with E-state index in [1.807, 2.05) is 31.2 Å². The molecular weight excluding hydrogens is 342 g/mol. The van der Waals surface area contributed by atoms with Gasteiger partial charge in [-0.15, -0.1) is 0 Å². The summed E-state index contributed by atoms with van der Waals surface area (Å²) in [5.74, 6) is 1.05. The predicted molar refractivity (Wildman–Crippen MR) is 101 cm³/mol. The molecule has 6 heteroatoms. The Balaban J connectivity index is 1.50. The zero-order chi connectivity index (χ0) is 19.1. The van der Waals surface area contributed by atoms with Gasteiger partial charge in [-0.1, -0.05) is 12.1 Å². The number of amides is 1. The molecule has 0 spiro atoms. The molecule has 6 nitrogen and oxygen atoms in total. The molecule has 1 saturated carbocycles. The number of hydrogen-bond donors (Lipinski definition) is 1. The second-order valence-electron chi connectivity index (χ2n) is 6.49. The number of nitrogens with one attached hydrogen (secondary N) is 1. The van der Waals surface area contributed by atoms with Gasteiger partial charge in [0.15, 0.2) is 0 Å². The third kappa shape index (κ3) is 4.98. The van der Waals surface area contributed by atoms with E-state index >= 15 is 0 Å². The highest BCUT2D eigenvalue weighted by molar-refractivity contribution is 5.97. The van der Waals surface area contributed by atoms with Crippen molar-refractivity contribution in [1.29, 1.82) is 5.26 Å². The third-order valence-corrected chi connectivity index (χ3v) is 4.59. The molecule has 1 fully saturated rings. The number of nitriles is 1. The Labute approximate surface area is 159 Å². The predicted octanol–water partition coefficient (Wildman–Crippen LogP) is 3.47. The van der Waals surface area contributed by atoms with Crippen LogP contribution in [-0.4, -0.2) is 29.6 Å². The number of hydrogen-bond acceptors (Lipinski definition) is 5. The van der Waals surface area contributed by atoms with Gasteiger partial charge >= 0.3 is 0 Å². The van der Waals surface area contributed by atoms with Gasteiger partial charge in [0.2, 0.25) is 5.88 Å². The van der Waals surface area contributed by atoms with E-state index in [2.05, 4.69) is 10.3 Å². The van der Waals surface area contributed by atoms with E-state index in [9.17, 15) is 4.79 Å². The minimum absolute atomic E-state index is 0.0781. The molecule has 0 aliphatic heterocycles. The molecule has 1 aromatic heterocycles. The van der Waals surface area contributed by atoms with Crippen molar-refractivity contribution in [3.63, 3.8) is 0 Å². The van der Waals surface area contributed by atoms with E-state index in [0.717, 1.165) is 25.7 Å². The van der Waals surface area contributed by atoms with Crippen LogP contribution in [0.1, 0.15) is 48.5 Å². The van der Waals surface area contributed by atoms with Crippen LogP contribution >= 0.6 is 0 Å². The van der Waals surface area contributed by atoms with Gasteiger partial charge in [0.05, 0.1) is 17.7 Å². The number of para-hydroxylation sites is 1. The van der Waals surface area contributed by atoms with Gasteiger partial charge in [0.25, 0.3) is 5.91 Å². The minimum Gasteiger partial charge on any atom is -0.493 e. The highest BCUT2D eigenvalue weighted by Crippen LogP contribution is 2.24. The second-order valence-corrected chi connectivity index (χ2v) is 6.49. The van der Waals surface area contributed by atoms with Crippen LogP contribution in [0.5, 0.6) is 11.6 Å². The van der Waals surface area contributed by atoms with Crippen molar-refractivity contribution in [2.24, 2.45) is 0 Å². The lowest BCUT2D eigenvalue weighted by atomic mass is 9.92. The van der Waals surface area contributed by atoms with Crippen LogP contribution in [0.2, 0.25) is 0 Å². The second kappa shape index (κ2) is 9.04. The molecule has 0 bridgehead atoms. The van der Waals surface area contributed by atoms with Gasteiger partial charge in [-0.3, -0.25) is 4.79 Å². The fourth-order valence-electron chi connectivity index (χ4n) is 3.21. The number of benzene rings is 1. The lowest BCUT2D eigenvalue weighted by Crippen LogP contribution is -2.39. The Kier molecular flexibility index (Phi) is 6.26. The maximum Gasteiger partial charge on any atom is 0.255 e. The summed E-state index contributed by atoms with van der Waals surface area (Å²) in [5.41, 5.74) is 1.08. The molecule has 27 heavy (non-hydrogen) atoms. The number of rotatable bonds is 6. The molecule has 1 N–H and O–H groups in total. The van der Waals surface area contributed by atoms with Gasteiger partial charge < -0.3 is 14.8 Å². The van der Waals surface area contributed by atoms with E-state index in [1.54, 1.807) is 18.2 Å². The van der Waals surface area contributed by atoms with E-state index in [-0.39, 0.29) is 18.1 Å². The average Bonchev–Trinajstić information content (AvgIpc) is 2.71. The van der Waals surface area contributed by atoms with Crippen molar-refractivity contribution in [3.8, 4) is 17.7 Å². The lowest BCUT2D eigenvalue weighted by molar-refractivity contribution is 0.0886. The van der Waals surface area contributed by atoms with Gasteiger partial charge in [-0.25, -0.2) is 4.98 Å². The summed E-state index contributed by atoms with van der Waals surface area (Å²) in [4.78, 5) is 16.7. The first kappa shape index (κ1) is 18.7. The van der Waals surface area contributed by atoms with E-state index in [1.165, 1.54) is 6.20 Å². The van der Waals surface area contributed by atoms with Gasteiger partial charge in [-0.2, -0.15) is 5.26 Å². The minimum atomic E-state index is -0.0998.